The molecule has 7 nitrogen and oxygen atoms in total. The molecule has 2 aromatic carbocycles. The molecule has 0 saturated heterocycles. The molecule has 146 valence electrons. The predicted octanol–water partition coefficient (Wildman–Crippen LogP) is 3.25. The third kappa shape index (κ3) is 4.14. The van der Waals surface area contributed by atoms with Gasteiger partial charge < -0.3 is 14.6 Å². The molecular weight excluding hydrogens is 360 g/mol. The Morgan fingerprint density at radius 2 is 1.86 bits per heavy atom. The highest BCUT2D eigenvalue weighted by Crippen LogP contribution is 2.39. The summed E-state index contributed by atoms with van der Waals surface area (Å²) in [5, 5.41) is 14.8. The number of benzene rings is 2. The summed E-state index contributed by atoms with van der Waals surface area (Å²) >= 11 is 0. The zero-order valence-electron chi connectivity index (χ0n) is 15.8. The van der Waals surface area contributed by atoms with E-state index in [4.69, 9.17) is 14.6 Å². The maximum atomic E-state index is 12.7. The lowest BCUT2D eigenvalue weighted by atomic mass is 9.97. The summed E-state index contributed by atoms with van der Waals surface area (Å²) in [6, 6.07) is 14.7. The first-order valence-electron chi connectivity index (χ1n) is 8.92. The molecule has 28 heavy (non-hydrogen) atoms. The molecule has 1 atom stereocenters. The van der Waals surface area contributed by atoms with Crippen molar-refractivity contribution in [2.45, 2.75) is 25.3 Å². The summed E-state index contributed by atoms with van der Waals surface area (Å²) in [6.07, 6.45) is 0.152. The summed E-state index contributed by atoms with van der Waals surface area (Å²) in [7, 11) is 3.13. The molecule has 7 heteroatoms. The first kappa shape index (κ1) is 19.4. The van der Waals surface area contributed by atoms with Crippen LogP contribution in [0.4, 0.5) is 0 Å². The second kappa shape index (κ2) is 8.56. The van der Waals surface area contributed by atoms with Crippen molar-refractivity contribution in [2.75, 3.05) is 14.2 Å². The molecule has 0 spiro atoms. The van der Waals surface area contributed by atoms with Crippen molar-refractivity contribution in [3.05, 3.63) is 59.7 Å². The minimum Gasteiger partial charge on any atom is -0.497 e. The van der Waals surface area contributed by atoms with Crippen LogP contribution in [-0.2, 0) is 9.59 Å². The maximum Gasteiger partial charge on any atom is 0.303 e. The van der Waals surface area contributed by atoms with Crippen LogP contribution in [0.25, 0.3) is 0 Å². The number of carboxylic acid groups (broad SMARTS) is 1. The Bertz CT molecular complexity index is 895. The zero-order chi connectivity index (χ0) is 20.1. The van der Waals surface area contributed by atoms with Gasteiger partial charge in [-0.05, 0) is 17.7 Å². The van der Waals surface area contributed by atoms with Gasteiger partial charge in [-0.2, -0.15) is 5.10 Å². The fraction of sp³-hybridized carbons (Fsp3) is 0.286. The molecule has 0 unspecified atom stereocenters. The number of carboxylic acids is 1. The molecule has 1 amide bonds. The van der Waals surface area contributed by atoms with E-state index in [1.165, 1.54) is 5.01 Å². The third-order valence-corrected chi connectivity index (χ3v) is 4.63. The normalized spacial score (nSPS) is 15.9. The lowest BCUT2D eigenvalue weighted by Crippen LogP contribution is -2.27. The average molecular weight is 382 g/mol. The van der Waals surface area contributed by atoms with Crippen LogP contribution in [0.1, 0.15) is 36.4 Å². The highest BCUT2D eigenvalue weighted by molar-refractivity contribution is 6.03. The van der Waals surface area contributed by atoms with Gasteiger partial charge in [0.2, 0.25) is 5.91 Å². The number of ether oxygens (including phenoxy) is 2. The fourth-order valence-electron chi connectivity index (χ4n) is 3.21. The summed E-state index contributed by atoms with van der Waals surface area (Å²) in [4.78, 5) is 23.6. The summed E-state index contributed by atoms with van der Waals surface area (Å²) in [6.45, 7) is 0. The molecule has 0 radical (unpaired) electrons. The molecule has 0 aromatic heterocycles. The van der Waals surface area contributed by atoms with Gasteiger partial charge in [-0.25, -0.2) is 5.01 Å². The second-order valence-electron chi connectivity index (χ2n) is 6.37. The molecule has 1 N–H and O–H groups in total. The molecular formula is C21H22N2O5. The van der Waals surface area contributed by atoms with Crippen LogP contribution in [0.5, 0.6) is 11.5 Å². The molecule has 0 fully saturated rings. The highest BCUT2D eigenvalue weighted by atomic mass is 16.5. The monoisotopic (exact) mass is 382 g/mol. The van der Waals surface area contributed by atoms with Crippen LogP contribution in [0, 0.1) is 0 Å². The minimum atomic E-state index is -1.02. The van der Waals surface area contributed by atoms with Gasteiger partial charge in [-0.1, -0.05) is 30.3 Å². The smallest absolute Gasteiger partial charge is 0.303 e. The van der Waals surface area contributed by atoms with Gasteiger partial charge in [0, 0.05) is 24.5 Å². The topological polar surface area (TPSA) is 88.4 Å². The molecule has 0 aliphatic carbocycles. The quantitative estimate of drug-likeness (QED) is 0.794. The van der Waals surface area contributed by atoms with Crippen LogP contribution >= 0.6 is 0 Å². The molecule has 1 aliphatic rings. The first-order chi connectivity index (χ1) is 13.5. The van der Waals surface area contributed by atoms with Crippen LogP contribution in [0.15, 0.2) is 53.6 Å². The van der Waals surface area contributed by atoms with Crippen molar-refractivity contribution >= 4 is 17.6 Å². The third-order valence-electron chi connectivity index (χ3n) is 4.63. The Morgan fingerprint density at radius 1 is 1.11 bits per heavy atom. The van der Waals surface area contributed by atoms with Crippen molar-refractivity contribution < 1.29 is 24.2 Å². The van der Waals surface area contributed by atoms with Crippen LogP contribution in [-0.4, -0.2) is 41.9 Å². The standard InChI is InChI=1S/C21H22N2O5/c1-27-15-8-9-16(19(12-15)28-2)18-13-17(14-6-4-3-5-7-14)22-23(18)20(24)10-11-21(25)26/h3-9,12,18H,10-11,13H2,1-2H3,(H,25,26)/t18-/m0/s1. The van der Waals surface area contributed by atoms with E-state index in [1.54, 1.807) is 26.4 Å². The van der Waals surface area contributed by atoms with Crippen molar-refractivity contribution in [1.82, 2.24) is 5.01 Å². The number of carbonyl (C=O) groups excluding carboxylic acids is 1. The Hall–Kier alpha value is -3.35. The van der Waals surface area contributed by atoms with Crippen molar-refractivity contribution in [2.24, 2.45) is 5.10 Å². The molecule has 1 aliphatic heterocycles. The van der Waals surface area contributed by atoms with Crippen LogP contribution in [0.3, 0.4) is 0 Å². The molecule has 2 aromatic rings. The Kier molecular flexibility index (Phi) is 5.93. The summed E-state index contributed by atoms with van der Waals surface area (Å²) in [5.74, 6) is -0.119. The number of methoxy groups -OCH3 is 2. The second-order valence-corrected chi connectivity index (χ2v) is 6.37. The van der Waals surface area contributed by atoms with E-state index < -0.39 is 5.97 Å². The van der Waals surface area contributed by atoms with Crippen LogP contribution in [0.2, 0.25) is 0 Å². The number of rotatable bonds is 7. The SMILES string of the molecule is COc1ccc([C@@H]2CC(c3ccccc3)=NN2C(=O)CCC(=O)O)c(OC)c1. The van der Waals surface area contributed by atoms with Gasteiger partial charge >= 0.3 is 5.97 Å². The van der Waals surface area contributed by atoms with E-state index in [1.807, 2.05) is 36.4 Å². The van der Waals surface area contributed by atoms with E-state index in [0.29, 0.717) is 17.9 Å². The predicted molar refractivity (Wildman–Crippen MR) is 104 cm³/mol. The van der Waals surface area contributed by atoms with E-state index in [2.05, 4.69) is 5.10 Å². The number of hydrazone groups is 1. The van der Waals surface area contributed by atoms with Gasteiger partial charge in [-0.15, -0.1) is 0 Å². The van der Waals surface area contributed by atoms with E-state index in [0.717, 1.165) is 16.8 Å². The fourth-order valence-corrected chi connectivity index (χ4v) is 3.21. The average Bonchev–Trinajstić information content (AvgIpc) is 3.17. The van der Waals surface area contributed by atoms with Crippen molar-refractivity contribution in [3.8, 4) is 11.5 Å². The number of aliphatic carboxylic acids is 1. The van der Waals surface area contributed by atoms with Crippen molar-refractivity contribution in [3.63, 3.8) is 0 Å². The largest absolute Gasteiger partial charge is 0.497 e. The molecule has 3 rings (SSSR count). The lowest BCUT2D eigenvalue weighted by molar-refractivity contribution is -0.141. The Labute approximate surface area is 163 Å². The summed E-state index contributed by atoms with van der Waals surface area (Å²) < 4.78 is 10.8. The van der Waals surface area contributed by atoms with Gasteiger partial charge in [0.05, 0.1) is 32.4 Å². The van der Waals surface area contributed by atoms with E-state index >= 15 is 0 Å². The minimum absolute atomic E-state index is 0.115. The van der Waals surface area contributed by atoms with Crippen LogP contribution < -0.4 is 9.47 Å². The van der Waals surface area contributed by atoms with Gasteiger partial charge in [0.15, 0.2) is 0 Å². The Morgan fingerprint density at radius 3 is 2.50 bits per heavy atom. The molecule has 0 saturated carbocycles. The van der Waals surface area contributed by atoms with Gasteiger partial charge in [-0.3, -0.25) is 9.59 Å². The number of amides is 1. The highest BCUT2D eigenvalue weighted by Gasteiger charge is 2.34. The molecule has 0 bridgehead atoms. The van der Waals surface area contributed by atoms with Crippen molar-refractivity contribution in [1.29, 1.82) is 0 Å². The number of carbonyl (C=O) groups is 2. The lowest BCUT2D eigenvalue weighted by Gasteiger charge is -2.23. The van der Waals surface area contributed by atoms with E-state index in [9.17, 15) is 9.59 Å². The molecule has 1 heterocycles. The number of hydrogen-bond donors (Lipinski definition) is 1. The maximum absolute atomic E-state index is 12.7. The zero-order valence-corrected chi connectivity index (χ0v) is 15.8. The van der Waals surface area contributed by atoms with Gasteiger partial charge in [0.25, 0.3) is 0 Å². The number of hydrogen-bond acceptors (Lipinski definition) is 5. The van der Waals surface area contributed by atoms with Gasteiger partial charge in [0.1, 0.15) is 11.5 Å². The summed E-state index contributed by atoms with van der Waals surface area (Å²) in [5.41, 5.74) is 2.49. The first-order valence-corrected chi connectivity index (χ1v) is 8.92. The number of nitrogens with zero attached hydrogens (tertiary/aromatic N) is 2. The Balaban J connectivity index is 1.96. The van der Waals surface area contributed by atoms with E-state index in [-0.39, 0.29) is 24.8 Å².